The van der Waals surface area contributed by atoms with Crippen LogP contribution in [-0.4, -0.2) is 37.2 Å². The van der Waals surface area contributed by atoms with Gasteiger partial charge in [-0.3, -0.25) is 14.4 Å². The zero-order chi connectivity index (χ0) is 44.4. The Morgan fingerprint density at radius 1 is 0.344 bits per heavy atom. The van der Waals surface area contributed by atoms with Crippen molar-refractivity contribution in [2.24, 2.45) is 0 Å². The lowest BCUT2D eigenvalue weighted by Crippen LogP contribution is -2.30. The Balaban J connectivity index is 4.56. The van der Waals surface area contributed by atoms with Gasteiger partial charge in [-0.1, -0.05) is 208 Å². The SMILES string of the molecule is CC/C=C\C/C=C\C/C=C\C/C=C\C/C=C\CCC(=O)OC(COC(=O)CCC/C=C\C/C=C\C/C=C\CCCCCCCC)COC(=O)CCCCCCCCCCCC. The molecule has 346 valence electrons. The van der Waals surface area contributed by atoms with Crippen molar-refractivity contribution in [3.63, 3.8) is 0 Å². The maximum absolute atomic E-state index is 12.7. The summed E-state index contributed by atoms with van der Waals surface area (Å²) in [5.74, 6) is -1.07. The molecule has 0 N–H and O–H groups in total. The minimum atomic E-state index is -0.835. The molecule has 0 spiro atoms. The number of unbranched alkanes of at least 4 members (excludes halogenated alkanes) is 16. The van der Waals surface area contributed by atoms with Crippen LogP contribution in [0.15, 0.2) is 97.2 Å². The molecule has 61 heavy (non-hydrogen) atoms. The number of allylic oxidation sites excluding steroid dienone is 16. The van der Waals surface area contributed by atoms with Gasteiger partial charge in [0.15, 0.2) is 6.10 Å². The second kappa shape index (κ2) is 49.0. The van der Waals surface area contributed by atoms with Crippen molar-refractivity contribution in [2.75, 3.05) is 13.2 Å². The number of carbonyl (C=O) groups is 3. The second-order valence-corrected chi connectivity index (χ2v) is 16.0. The molecule has 6 heteroatoms. The molecule has 0 radical (unpaired) electrons. The van der Waals surface area contributed by atoms with Crippen LogP contribution >= 0.6 is 0 Å². The van der Waals surface area contributed by atoms with Gasteiger partial charge in [0.05, 0.1) is 0 Å². The average Bonchev–Trinajstić information content (AvgIpc) is 3.26. The first kappa shape index (κ1) is 57.3. The van der Waals surface area contributed by atoms with Crippen LogP contribution in [0.1, 0.15) is 213 Å². The van der Waals surface area contributed by atoms with Crippen molar-refractivity contribution in [3.8, 4) is 0 Å². The third-order valence-corrected chi connectivity index (χ3v) is 10.1. The fourth-order valence-electron chi connectivity index (χ4n) is 6.39. The molecule has 0 rings (SSSR count). The van der Waals surface area contributed by atoms with Gasteiger partial charge in [0.2, 0.25) is 0 Å². The summed E-state index contributed by atoms with van der Waals surface area (Å²) in [6.07, 6.45) is 64.1. The summed E-state index contributed by atoms with van der Waals surface area (Å²) in [6.45, 7) is 6.38. The molecule has 1 atom stereocenters. The van der Waals surface area contributed by atoms with E-state index in [1.807, 2.05) is 12.2 Å². The van der Waals surface area contributed by atoms with Gasteiger partial charge in [-0.15, -0.1) is 0 Å². The molecule has 6 nitrogen and oxygen atoms in total. The van der Waals surface area contributed by atoms with Gasteiger partial charge in [-0.25, -0.2) is 0 Å². The number of ether oxygens (including phenoxy) is 3. The molecule has 0 heterocycles. The Morgan fingerprint density at radius 3 is 1.13 bits per heavy atom. The van der Waals surface area contributed by atoms with Crippen molar-refractivity contribution in [1.82, 2.24) is 0 Å². The van der Waals surface area contributed by atoms with Crippen LogP contribution in [-0.2, 0) is 28.6 Å². The Bertz CT molecular complexity index is 1250. The highest BCUT2D eigenvalue weighted by molar-refractivity contribution is 5.71. The van der Waals surface area contributed by atoms with E-state index in [-0.39, 0.29) is 38.0 Å². The minimum absolute atomic E-state index is 0.123. The predicted octanol–water partition coefficient (Wildman–Crippen LogP) is 16.2. The van der Waals surface area contributed by atoms with Gasteiger partial charge in [-0.05, 0) is 83.5 Å². The Morgan fingerprint density at radius 2 is 0.689 bits per heavy atom. The van der Waals surface area contributed by atoms with Gasteiger partial charge in [0, 0.05) is 19.3 Å². The number of hydrogen-bond acceptors (Lipinski definition) is 6. The summed E-state index contributed by atoms with van der Waals surface area (Å²) in [5.41, 5.74) is 0. The van der Waals surface area contributed by atoms with E-state index >= 15 is 0 Å². The van der Waals surface area contributed by atoms with Gasteiger partial charge in [0.1, 0.15) is 13.2 Å². The monoisotopic (exact) mass is 847 g/mol. The van der Waals surface area contributed by atoms with E-state index in [0.717, 1.165) is 70.6 Å². The molecule has 0 aromatic heterocycles. The molecule has 0 aromatic carbocycles. The van der Waals surface area contributed by atoms with Gasteiger partial charge in [0.25, 0.3) is 0 Å². The largest absolute Gasteiger partial charge is 0.462 e. The van der Waals surface area contributed by atoms with Crippen LogP contribution in [0.5, 0.6) is 0 Å². The van der Waals surface area contributed by atoms with Crippen LogP contribution in [0.4, 0.5) is 0 Å². The summed E-state index contributed by atoms with van der Waals surface area (Å²) in [6, 6.07) is 0. The van der Waals surface area contributed by atoms with Crippen molar-refractivity contribution in [2.45, 2.75) is 219 Å². The molecule has 0 aromatic rings. The number of hydrogen-bond donors (Lipinski definition) is 0. The number of esters is 3. The summed E-state index contributed by atoms with van der Waals surface area (Å²) in [7, 11) is 0. The van der Waals surface area contributed by atoms with Crippen LogP contribution in [0.2, 0.25) is 0 Å². The van der Waals surface area contributed by atoms with Crippen molar-refractivity contribution >= 4 is 17.9 Å². The highest BCUT2D eigenvalue weighted by Crippen LogP contribution is 2.13. The molecule has 0 bridgehead atoms. The number of carbonyl (C=O) groups excluding carboxylic acids is 3. The van der Waals surface area contributed by atoms with E-state index in [2.05, 4.69) is 106 Å². The lowest BCUT2D eigenvalue weighted by molar-refractivity contribution is -0.166. The third kappa shape index (κ3) is 47.2. The highest BCUT2D eigenvalue weighted by Gasteiger charge is 2.19. The van der Waals surface area contributed by atoms with E-state index in [9.17, 15) is 14.4 Å². The van der Waals surface area contributed by atoms with E-state index in [1.54, 1.807) is 0 Å². The fourth-order valence-corrected chi connectivity index (χ4v) is 6.39. The Kier molecular flexibility index (Phi) is 46.0. The lowest BCUT2D eigenvalue weighted by Gasteiger charge is -2.18. The van der Waals surface area contributed by atoms with E-state index in [4.69, 9.17) is 14.2 Å². The molecule has 0 aliphatic heterocycles. The topological polar surface area (TPSA) is 78.9 Å². The highest BCUT2D eigenvalue weighted by atomic mass is 16.6. The maximum Gasteiger partial charge on any atom is 0.306 e. The zero-order valence-electron chi connectivity index (χ0n) is 39.4. The zero-order valence-corrected chi connectivity index (χ0v) is 39.4. The molecule has 0 saturated heterocycles. The first-order valence-corrected chi connectivity index (χ1v) is 24.7. The van der Waals surface area contributed by atoms with E-state index < -0.39 is 12.1 Å². The molecule has 1 unspecified atom stereocenters. The molecular weight excluding hydrogens is 757 g/mol. The standard InChI is InChI=1S/C55H90O6/c1-4-7-10-13-16-19-22-24-26-28-30-31-33-36-39-42-45-48-54(57)60-51-52(50-59-53(56)47-44-41-38-35-21-18-15-12-9-6-3)61-55(58)49-46-43-40-37-34-32-29-27-25-23-20-17-14-11-8-5-2/h8,11,17,20,24-27,30-32,34,36,39-40,43,52H,4-7,9-10,12-16,18-19,21-23,28-29,33,35,37-38,41-42,44-51H2,1-3H3/b11-8-,20-17-,26-24-,27-25-,31-30-,34-32-,39-36-,43-40-. The fraction of sp³-hybridized carbons (Fsp3) is 0.655. The smallest absolute Gasteiger partial charge is 0.306 e. The van der Waals surface area contributed by atoms with E-state index in [1.165, 1.54) is 89.9 Å². The predicted molar refractivity (Wildman–Crippen MR) is 260 cm³/mol. The van der Waals surface area contributed by atoms with Crippen molar-refractivity contribution in [1.29, 1.82) is 0 Å². The summed E-state index contributed by atoms with van der Waals surface area (Å²) in [4.78, 5) is 37.8. The van der Waals surface area contributed by atoms with E-state index in [0.29, 0.717) is 19.3 Å². The molecule has 0 aliphatic rings. The van der Waals surface area contributed by atoms with Gasteiger partial charge in [-0.2, -0.15) is 0 Å². The van der Waals surface area contributed by atoms with Gasteiger partial charge >= 0.3 is 17.9 Å². The molecule has 0 saturated carbocycles. The normalized spacial score (nSPS) is 12.9. The van der Waals surface area contributed by atoms with Crippen LogP contribution in [0.25, 0.3) is 0 Å². The average molecular weight is 847 g/mol. The minimum Gasteiger partial charge on any atom is -0.462 e. The summed E-state index contributed by atoms with van der Waals surface area (Å²) < 4.78 is 16.6. The third-order valence-electron chi connectivity index (χ3n) is 10.1. The lowest BCUT2D eigenvalue weighted by atomic mass is 10.1. The molecule has 0 fully saturated rings. The van der Waals surface area contributed by atoms with Crippen LogP contribution in [0.3, 0.4) is 0 Å². The first-order valence-electron chi connectivity index (χ1n) is 24.7. The van der Waals surface area contributed by atoms with Crippen LogP contribution in [0, 0.1) is 0 Å². The molecule has 0 amide bonds. The molecular formula is C55H90O6. The second-order valence-electron chi connectivity index (χ2n) is 16.0. The summed E-state index contributed by atoms with van der Waals surface area (Å²) in [5, 5.41) is 0. The molecule has 0 aliphatic carbocycles. The Hall–Kier alpha value is -3.67. The summed E-state index contributed by atoms with van der Waals surface area (Å²) >= 11 is 0. The van der Waals surface area contributed by atoms with Crippen molar-refractivity contribution in [3.05, 3.63) is 97.2 Å². The van der Waals surface area contributed by atoms with Crippen LogP contribution < -0.4 is 0 Å². The Labute approximate surface area is 375 Å². The first-order chi connectivity index (χ1) is 30.0. The number of rotatable bonds is 43. The maximum atomic E-state index is 12.7. The van der Waals surface area contributed by atoms with Crippen molar-refractivity contribution < 1.29 is 28.6 Å². The van der Waals surface area contributed by atoms with Gasteiger partial charge < -0.3 is 14.2 Å². The quantitative estimate of drug-likeness (QED) is 0.0263.